The third-order valence-corrected chi connectivity index (χ3v) is 5.15. The van der Waals surface area contributed by atoms with Gasteiger partial charge in [-0.05, 0) is 18.4 Å². The second kappa shape index (κ2) is 16.9. The van der Waals surface area contributed by atoms with Crippen LogP contribution >= 0.6 is 11.6 Å². The van der Waals surface area contributed by atoms with Crippen LogP contribution < -0.4 is 0 Å². The Morgan fingerprint density at radius 1 is 0.720 bits per heavy atom. The summed E-state index contributed by atoms with van der Waals surface area (Å²) in [6.07, 6.45) is 19.0. The number of rotatable bonds is 17. The van der Waals surface area contributed by atoms with Crippen molar-refractivity contribution in [1.29, 1.82) is 0 Å². The van der Waals surface area contributed by atoms with E-state index in [1.54, 1.807) is 0 Å². The summed E-state index contributed by atoms with van der Waals surface area (Å²) in [5.41, 5.74) is 1.05. The second-order valence-electron chi connectivity index (χ2n) is 7.24. The van der Waals surface area contributed by atoms with Crippen LogP contribution in [0.5, 0.6) is 0 Å². The third kappa shape index (κ3) is 14.3. The van der Waals surface area contributed by atoms with E-state index in [0.717, 1.165) is 6.42 Å². The van der Waals surface area contributed by atoms with Crippen molar-refractivity contribution in [2.45, 2.75) is 109 Å². The van der Waals surface area contributed by atoms with E-state index in [2.05, 4.69) is 19.1 Å². The van der Waals surface area contributed by atoms with Crippen molar-refractivity contribution in [3.8, 4) is 0 Å². The van der Waals surface area contributed by atoms with Gasteiger partial charge in [-0.25, -0.2) is 0 Å². The lowest BCUT2D eigenvalue weighted by Crippen LogP contribution is -2.05. The third-order valence-electron chi connectivity index (χ3n) is 4.81. The summed E-state index contributed by atoms with van der Waals surface area (Å²) in [6, 6.07) is 10.3. The Morgan fingerprint density at radius 3 is 1.72 bits per heavy atom. The van der Waals surface area contributed by atoms with Crippen molar-refractivity contribution < 1.29 is 4.74 Å². The van der Waals surface area contributed by atoms with Gasteiger partial charge in [0, 0.05) is 0 Å². The normalized spacial score (nSPS) is 12.4. The van der Waals surface area contributed by atoms with Gasteiger partial charge in [0.2, 0.25) is 0 Å². The van der Waals surface area contributed by atoms with Crippen molar-refractivity contribution in [2.24, 2.45) is 0 Å². The van der Waals surface area contributed by atoms with Crippen LogP contribution in [0.3, 0.4) is 0 Å². The summed E-state index contributed by atoms with van der Waals surface area (Å²) in [5.74, 6) is 0. The first kappa shape index (κ1) is 22.5. The van der Waals surface area contributed by atoms with Crippen LogP contribution in [-0.2, 0) is 11.3 Å². The molecule has 1 nitrogen and oxygen atoms in total. The lowest BCUT2D eigenvalue weighted by atomic mass is 10.0. The Hall–Kier alpha value is -0.530. The molecule has 25 heavy (non-hydrogen) atoms. The zero-order chi connectivity index (χ0) is 18.0. The Morgan fingerprint density at radius 2 is 1.20 bits per heavy atom. The summed E-state index contributed by atoms with van der Waals surface area (Å²) in [5, 5.41) is 0. The Balaban J connectivity index is 1.79. The monoisotopic (exact) mass is 366 g/mol. The van der Waals surface area contributed by atoms with Gasteiger partial charge in [-0.2, -0.15) is 0 Å². The summed E-state index contributed by atoms with van der Waals surface area (Å²) in [4.78, 5) is 0. The first-order chi connectivity index (χ1) is 12.3. The average Bonchev–Trinajstić information content (AvgIpc) is 2.64. The van der Waals surface area contributed by atoms with E-state index in [9.17, 15) is 0 Å². The molecule has 0 saturated carbocycles. The van der Waals surface area contributed by atoms with Crippen molar-refractivity contribution in [1.82, 2.24) is 0 Å². The fourth-order valence-corrected chi connectivity index (χ4v) is 3.38. The number of alkyl halides is 1. The van der Waals surface area contributed by atoms with E-state index >= 15 is 0 Å². The zero-order valence-corrected chi connectivity index (χ0v) is 17.1. The van der Waals surface area contributed by atoms with Crippen molar-refractivity contribution >= 4 is 11.6 Å². The number of hydrogen-bond donors (Lipinski definition) is 0. The maximum Gasteiger partial charge on any atom is 0.131 e. The first-order valence-electron chi connectivity index (χ1n) is 10.6. The van der Waals surface area contributed by atoms with Gasteiger partial charge in [0.1, 0.15) is 5.56 Å². The topological polar surface area (TPSA) is 9.23 Å². The SMILES string of the molecule is CCCCCCCCCCCCCCCC(Cl)OCc1ccccc1. The highest BCUT2D eigenvalue weighted by molar-refractivity contribution is 6.19. The summed E-state index contributed by atoms with van der Waals surface area (Å²) >= 11 is 6.25. The van der Waals surface area contributed by atoms with E-state index in [1.807, 2.05) is 18.2 Å². The van der Waals surface area contributed by atoms with Crippen LogP contribution in [0.4, 0.5) is 0 Å². The molecule has 0 N–H and O–H groups in total. The van der Waals surface area contributed by atoms with Crippen molar-refractivity contribution in [3.63, 3.8) is 0 Å². The molecule has 0 radical (unpaired) electrons. The molecule has 144 valence electrons. The van der Waals surface area contributed by atoms with Crippen LogP contribution in [0.15, 0.2) is 30.3 Å². The summed E-state index contributed by atoms with van der Waals surface area (Å²) in [7, 11) is 0. The largest absolute Gasteiger partial charge is 0.358 e. The molecule has 0 aliphatic rings. The summed E-state index contributed by atoms with van der Waals surface area (Å²) in [6.45, 7) is 2.90. The lowest BCUT2D eigenvalue weighted by molar-refractivity contribution is 0.0868. The molecule has 2 heteroatoms. The second-order valence-corrected chi connectivity index (χ2v) is 7.72. The predicted octanol–water partition coefficient (Wildman–Crippen LogP) is 8.25. The fraction of sp³-hybridized carbons (Fsp3) is 0.739. The molecular formula is C23H39ClO. The first-order valence-corrected chi connectivity index (χ1v) is 11.1. The van der Waals surface area contributed by atoms with Gasteiger partial charge in [0.05, 0.1) is 6.61 Å². The van der Waals surface area contributed by atoms with Gasteiger partial charge in [-0.3, -0.25) is 0 Å². The molecule has 1 atom stereocenters. The van der Waals surface area contributed by atoms with Gasteiger partial charge < -0.3 is 4.74 Å². The molecule has 1 rings (SSSR count). The van der Waals surface area contributed by atoms with E-state index in [4.69, 9.17) is 16.3 Å². The Labute approximate surface area is 161 Å². The van der Waals surface area contributed by atoms with E-state index in [1.165, 1.54) is 89.0 Å². The van der Waals surface area contributed by atoms with E-state index in [-0.39, 0.29) is 5.56 Å². The Bertz CT molecular complexity index is 379. The van der Waals surface area contributed by atoms with E-state index in [0.29, 0.717) is 6.61 Å². The average molecular weight is 367 g/mol. The predicted molar refractivity (Wildman–Crippen MR) is 111 cm³/mol. The van der Waals surface area contributed by atoms with Gasteiger partial charge in [-0.15, -0.1) is 0 Å². The lowest BCUT2D eigenvalue weighted by Gasteiger charge is -2.11. The van der Waals surface area contributed by atoms with E-state index < -0.39 is 0 Å². The highest BCUT2D eigenvalue weighted by Gasteiger charge is 2.04. The molecule has 0 aliphatic heterocycles. The number of ether oxygens (including phenoxy) is 1. The van der Waals surface area contributed by atoms with Crippen LogP contribution in [0.2, 0.25) is 0 Å². The molecule has 0 bridgehead atoms. The smallest absolute Gasteiger partial charge is 0.131 e. The quantitative estimate of drug-likeness (QED) is 0.199. The molecule has 0 heterocycles. The fourth-order valence-electron chi connectivity index (χ4n) is 3.17. The molecule has 1 unspecified atom stereocenters. The standard InChI is InChI=1S/C23H39ClO/c1-2-3-4-5-6-7-8-9-10-11-12-13-17-20-23(24)25-21-22-18-15-14-16-19-22/h14-16,18-19,23H,2-13,17,20-21H2,1H3. The number of halogens is 1. The minimum Gasteiger partial charge on any atom is -0.358 e. The Kier molecular flexibility index (Phi) is 15.2. The van der Waals surface area contributed by atoms with Gasteiger partial charge >= 0.3 is 0 Å². The van der Waals surface area contributed by atoms with Crippen LogP contribution in [0.25, 0.3) is 0 Å². The van der Waals surface area contributed by atoms with Gasteiger partial charge in [-0.1, -0.05) is 126 Å². The molecule has 0 aromatic heterocycles. The molecule has 1 aromatic rings. The maximum absolute atomic E-state index is 6.25. The number of hydrogen-bond acceptors (Lipinski definition) is 1. The van der Waals surface area contributed by atoms with Crippen LogP contribution in [0.1, 0.15) is 102 Å². The molecule has 1 aromatic carbocycles. The molecule has 0 spiro atoms. The minimum absolute atomic E-state index is 0.145. The van der Waals surface area contributed by atoms with Crippen molar-refractivity contribution in [3.05, 3.63) is 35.9 Å². The molecule has 0 amide bonds. The molecule has 0 saturated heterocycles. The minimum atomic E-state index is -0.145. The highest BCUT2D eigenvalue weighted by atomic mass is 35.5. The maximum atomic E-state index is 6.25. The number of benzene rings is 1. The molecule has 0 fully saturated rings. The van der Waals surface area contributed by atoms with Gasteiger partial charge in [0.25, 0.3) is 0 Å². The van der Waals surface area contributed by atoms with Crippen LogP contribution in [-0.4, -0.2) is 5.56 Å². The van der Waals surface area contributed by atoms with Crippen molar-refractivity contribution in [2.75, 3.05) is 0 Å². The van der Waals surface area contributed by atoms with Crippen LogP contribution in [0, 0.1) is 0 Å². The number of unbranched alkanes of at least 4 members (excludes halogenated alkanes) is 12. The zero-order valence-electron chi connectivity index (χ0n) is 16.4. The van der Waals surface area contributed by atoms with Gasteiger partial charge in [0.15, 0.2) is 0 Å². The molecule has 0 aliphatic carbocycles. The molecular weight excluding hydrogens is 328 g/mol. The summed E-state index contributed by atoms with van der Waals surface area (Å²) < 4.78 is 5.70. The highest BCUT2D eigenvalue weighted by Crippen LogP contribution is 2.16.